The number of hydrogen-bond donors (Lipinski definition) is 2. The van der Waals surface area contributed by atoms with E-state index in [4.69, 9.17) is 0 Å². The molecule has 0 saturated carbocycles. The highest BCUT2D eigenvalue weighted by Crippen LogP contribution is 2.23. The van der Waals surface area contributed by atoms with Gasteiger partial charge < -0.3 is 5.32 Å². The molecule has 1 atom stereocenters. The first-order valence-electron chi connectivity index (χ1n) is 6.60. The number of nitrogens with one attached hydrogen (secondary N) is 2. The van der Waals surface area contributed by atoms with Crippen molar-refractivity contribution < 1.29 is 8.42 Å². The van der Waals surface area contributed by atoms with Crippen molar-refractivity contribution in [2.75, 3.05) is 7.05 Å². The van der Waals surface area contributed by atoms with Crippen LogP contribution in [0.1, 0.15) is 28.3 Å². The fourth-order valence-corrected chi connectivity index (χ4v) is 4.02. The monoisotopic (exact) mass is 325 g/mol. The molecule has 2 rings (SSSR count). The zero-order valence-corrected chi connectivity index (χ0v) is 13.9. The summed E-state index contributed by atoms with van der Waals surface area (Å²) in [6.07, 6.45) is 1.57. The lowest BCUT2D eigenvalue weighted by Crippen LogP contribution is -2.27. The third kappa shape index (κ3) is 4.10. The normalized spacial score (nSPS) is 13.3. The van der Waals surface area contributed by atoms with Crippen LogP contribution in [0.3, 0.4) is 0 Å². The molecule has 1 unspecified atom stereocenters. The molecule has 0 aliphatic carbocycles. The van der Waals surface area contributed by atoms with E-state index in [0.29, 0.717) is 6.54 Å². The molecule has 114 valence electrons. The summed E-state index contributed by atoms with van der Waals surface area (Å²) < 4.78 is 27.3. The summed E-state index contributed by atoms with van der Waals surface area (Å²) in [7, 11) is -1.77. The van der Waals surface area contributed by atoms with Gasteiger partial charge in [0.1, 0.15) is 0 Å². The molecule has 2 aromatic heterocycles. The second-order valence-corrected chi connectivity index (χ2v) is 7.81. The Bertz CT molecular complexity index is 693. The van der Waals surface area contributed by atoms with E-state index < -0.39 is 10.0 Å². The van der Waals surface area contributed by atoms with Gasteiger partial charge >= 0.3 is 0 Å². The standard InChI is InChI=1S/C14H19N3O2S2/c1-10-4-6-13(20-10)11(2)17-21(18,19)14-7-5-12(8-15-3)9-16-14/h4-7,9,11,15,17H,8H2,1-3H3. The lowest BCUT2D eigenvalue weighted by molar-refractivity contribution is 0.564. The Morgan fingerprint density at radius 2 is 2.05 bits per heavy atom. The molecule has 2 heterocycles. The Hall–Kier alpha value is -1.28. The molecule has 0 fully saturated rings. The third-order valence-corrected chi connectivity index (χ3v) is 5.61. The molecular weight excluding hydrogens is 306 g/mol. The summed E-state index contributed by atoms with van der Waals surface area (Å²) in [6, 6.07) is 6.94. The van der Waals surface area contributed by atoms with Crippen LogP contribution in [0.5, 0.6) is 0 Å². The average molecular weight is 325 g/mol. The van der Waals surface area contributed by atoms with Gasteiger partial charge in [-0.25, -0.2) is 18.1 Å². The average Bonchev–Trinajstić information content (AvgIpc) is 2.86. The summed E-state index contributed by atoms with van der Waals surface area (Å²) in [6.45, 7) is 4.49. The smallest absolute Gasteiger partial charge is 0.258 e. The minimum absolute atomic E-state index is 0.0440. The summed E-state index contributed by atoms with van der Waals surface area (Å²) >= 11 is 1.59. The van der Waals surface area contributed by atoms with Crippen molar-refractivity contribution in [2.45, 2.75) is 31.5 Å². The largest absolute Gasteiger partial charge is 0.316 e. The summed E-state index contributed by atoms with van der Waals surface area (Å²) in [5, 5.41) is 3.04. The SMILES string of the molecule is CNCc1ccc(S(=O)(=O)NC(C)c2ccc(C)s2)nc1. The van der Waals surface area contributed by atoms with E-state index in [1.54, 1.807) is 23.6 Å². The van der Waals surface area contributed by atoms with E-state index >= 15 is 0 Å². The van der Waals surface area contributed by atoms with Crippen LogP contribution in [0.25, 0.3) is 0 Å². The Kier molecular flexibility index (Phi) is 5.10. The minimum Gasteiger partial charge on any atom is -0.316 e. The fraction of sp³-hybridized carbons (Fsp3) is 0.357. The molecule has 0 bridgehead atoms. The number of aromatic nitrogens is 1. The Morgan fingerprint density at radius 3 is 2.57 bits per heavy atom. The molecule has 0 aliphatic rings. The highest BCUT2D eigenvalue weighted by molar-refractivity contribution is 7.89. The van der Waals surface area contributed by atoms with E-state index in [1.165, 1.54) is 6.07 Å². The van der Waals surface area contributed by atoms with E-state index in [0.717, 1.165) is 15.3 Å². The van der Waals surface area contributed by atoms with E-state index in [-0.39, 0.29) is 11.1 Å². The quantitative estimate of drug-likeness (QED) is 0.854. The molecular formula is C14H19N3O2S2. The highest BCUT2D eigenvalue weighted by atomic mass is 32.2. The van der Waals surface area contributed by atoms with Gasteiger partial charge in [0.25, 0.3) is 10.0 Å². The molecule has 5 nitrogen and oxygen atoms in total. The van der Waals surface area contributed by atoms with Crippen molar-refractivity contribution in [3.05, 3.63) is 45.8 Å². The van der Waals surface area contributed by atoms with Crippen molar-refractivity contribution in [1.82, 2.24) is 15.0 Å². The Balaban J connectivity index is 2.14. The van der Waals surface area contributed by atoms with Gasteiger partial charge in [0.2, 0.25) is 0 Å². The van der Waals surface area contributed by atoms with Gasteiger partial charge in [-0.2, -0.15) is 0 Å². The van der Waals surface area contributed by atoms with Crippen molar-refractivity contribution >= 4 is 21.4 Å². The number of nitrogens with zero attached hydrogens (tertiary/aromatic N) is 1. The van der Waals surface area contributed by atoms with E-state index in [2.05, 4.69) is 15.0 Å². The summed E-state index contributed by atoms with van der Waals surface area (Å²) in [4.78, 5) is 6.18. The maximum Gasteiger partial charge on any atom is 0.258 e. The first kappa shape index (κ1) is 16.1. The fourth-order valence-electron chi connectivity index (χ4n) is 1.92. The Labute approximate surface area is 129 Å². The van der Waals surface area contributed by atoms with Gasteiger partial charge in [0.05, 0.1) is 6.04 Å². The van der Waals surface area contributed by atoms with Crippen LogP contribution in [0, 0.1) is 6.92 Å². The van der Waals surface area contributed by atoms with Crippen LogP contribution in [0.2, 0.25) is 0 Å². The highest BCUT2D eigenvalue weighted by Gasteiger charge is 2.20. The summed E-state index contributed by atoms with van der Waals surface area (Å²) in [5.41, 5.74) is 0.943. The predicted octanol–water partition coefficient (Wildman–Crippen LogP) is 2.21. The molecule has 0 amide bonds. The first-order chi connectivity index (χ1) is 9.92. The van der Waals surface area contributed by atoms with Crippen LogP contribution < -0.4 is 10.0 Å². The van der Waals surface area contributed by atoms with Gasteiger partial charge in [-0.15, -0.1) is 11.3 Å². The van der Waals surface area contributed by atoms with Crippen molar-refractivity contribution in [2.24, 2.45) is 0 Å². The second-order valence-electron chi connectivity index (χ2n) is 4.83. The molecule has 0 saturated heterocycles. The van der Waals surface area contributed by atoms with Crippen molar-refractivity contribution in [1.29, 1.82) is 0 Å². The van der Waals surface area contributed by atoms with Gasteiger partial charge in [-0.05, 0) is 44.7 Å². The lowest BCUT2D eigenvalue weighted by Gasteiger charge is -2.12. The number of hydrogen-bond acceptors (Lipinski definition) is 5. The number of aryl methyl sites for hydroxylation is 1. The molecule has 7 heteroatoms. The van der Waals surface area contributed by atoms with Gasteiger partial charge in [-0.3, -0.25) is 0 Å². The van der Waals surface area contributed by atoms with Crippen molar-refractivity contribution in [3.63, 3.8) is 0 Å². The van der Waals surface area contributed by atoms with Crippen LogP contribution in [-0.2, 0) is 16.6 Å². The van der Waals surface area contributed by atoms with Gasteiger partial charge in [0, 0.05) is 22.5 Å². The summed E-state index contributed by atoms with van der Waals surface area (Å²) in [5.74, 6) is 0. The second kappa shape index (κ2) is 6.65. The number of pyridine rings is 1. The lowest BCUT2D eigenvalue weighted by atomic mass is 10.3. The van der Waals surface area contributed by atoms with Crippen LogP contribution in [0.4, 0.5) is 0 Å². The Morgan fingerprint density at radius 1 is 1.29 bits per heavy atom. The number of rotatable bonds is 6. The molecule has 21 heavy (non-hydrogen) atoms. The zero-order chi connectivity index (χ0) is 15.5. The van der Waals surface area contributed by atoms with Gasteiger partial charge in [0.15, 0.2) is 5.03 Å². The van der Waals surface area contributed by atoms with E-state index in [9.17, 15) is 8.42 Å². The van der Waals surface area contributed by atoms with Crippen LogP contribution in [-0.4, -0.2) is 20.4 Å². The topological polar surface area (TPSA) is 71.1 Å². The molecule has 0 aromatic carbocycles. The minimum atomic E-state index is -3.60. The molecule has 2 N–H and O–H groups in total. The number of thiophene rings is 1. The molecule has 0 spiro atoms. The predicted molar refractivity (Wildman–Crippen MR) is 84.8 cm³/mol. The van der Waals surface area contributed by atoms with Crippen LogP contribution in [0.15, 0.2) is 35.5 Å². The first-order valence-corrected chi connectivity index (χ1v) is 8.90. The van der Waals surface area contributed by atoms with Crippen molar-refractivity contribution in [3.8, 4) is 0 Å². The maximum absolute atomic E-state index is 12.3. The molecule has 0 radical (unpaired) electrons. The van der Waals surface area contributed by atoms with Crippen LogP contribution >= 0.6 is 11.3 Å². The zero-order valence-electron chi connectivity index (χ0n) is 12.3. The maximum atomic E-state index is 12.3. The molecule has 2 aromatic rings. The number of sulfonamides is 1. The van der Waals surface area contributed by atoms with E-state index in [1.807, 2.05) is 33.0 Å². The third-order valence-electron chi connectivity index (χ3n) is 2.97. The van der Waals surface area contributed by atoms with Gasteiger partial charge in [-0.1, -0.05) is 6.07 Å². The molecule has 0 aliphatic heterocycles.